The van der Waals surface area contributed by atoms with Gasteiger partial charge in [0.1, 0.15) is 0 Å². The van der Waals surface area contributed by atoms with Crippen LogP contribution in [-0.2, 0) is 20.7 Å². The quantitative estimate of drug-likeness (QED) is 0.747. The van der Waals surface area contributed by atoms with Gasteiger partial charge in [0.25, 0.3) is 0 Å². The molecule has 0 radical (unpaired) electrons. The molecular formula is C16H23NO3. The molecule has 0 fully saturated rings. The van der Waals surface area contributed by atoms with Crippen LogP contribution in [0, 0.1) is 0 Å². The zero-order chi connectivity index (χ0) is 14.4. The summed E-state index contributed by atoms with van der Waals surface area (Å²) in [5.41, 5.74) is 2.61. The van der Waals surface area contributed by atoms with Gasteiger partial charge in [-0.25, -0.2) is 0 Å². The zero-order valence-electron chi connectivity index (χ0n) is 12.3. The molecule has 1 aromatic rings. The van der Waals surface area contributed by atoms with E-state index in [4.69, 9.17) is 9.47 Å². The smallest absolute Gasteiger partial charge is 0.320 e. The van der Waals surface area contributed by atoms with E-state index in [1.54, 1.807) is 0 Å². The normalized spacial score (nSPS) is 17.9. The van der Waals surface area contributed by atoms with Gasteiger partial charge in [-0.15, -0.1) is 0 Å². The molecule has 0 bridgehead atoms. The summed E-state index contributed by atoms with van der Waals surface area (Å²) >= 11 is 0. The molecule has 1 aliphatic heterocycles. The van der Waals surface area contributed by atoms with Crippen LogP contribution in [0.15, 0.2) is 24.3 Å². The van der Waals surface area contributed by atoms with Crippen LogP contribution >= 0.6 is 0 Å². The molecule has 0 aliphatic carbocycles. The van der Waals surface area contributed by atoms with Gasteiger partial charge in [0.05, 0.1) is 25.9 Å². The first kappa shape index (κ1) is 15.0. The Morgan fingerprint density at radius 2 is 2.20 bits per heavy atom. The molecule has 20 heavy (non-hydrogen) atoms. The first-order chi connectivity index (χ1) is 9.74. The number of benzene rings is 1. The van der Waals surface area contributed by atoms with Crippen molar-refractivity contribution < 1.29 is 14.3 Å². The first-order valence-corrected chi connectivity index (χ1v) is 7.32. The summed E-state index contributed by atoms with van der Waals surface area (Å²) < 4.78 is 10.9. The number of carbonyl (C=O) groups excluding carboxylic acids is 1. The van der Waals surface area contributed by atoms with Gasteiger partial charge in [-0.3, -0.25) is 9.69 Å². The summed E-state index contributed by atoms with van der Waals surface area (Å²) in [5.74, 6) is -0.168. The molecule has 2 rings (SSSR count). The number of esters is 1. The van der Waals surface area contributed by atoms with Crippen molar-refractivity contribution in [3.8, 4) is 0 Å². The Labute approximate surface area is 120 Å². The molecule has 0 aromatic heterocycles. The minimum atomic E-state index is -0.168. The van der Waals surface area contributed by atoms with Crippen molar-refractivity contribution in [2.24, 2.45) is 0 Å². The molecule has 0 amide bonds. The van der Waals surface area contributed by atoms with E-state index in [0.717, 1.165) is 26.1 Å². The van der Waals surface area contributed by atoms with Gasteiger partial charge in [0, 0.05) is 6.54 Å². The molecule has 0 spiro atoms. The number of hydrogen-bond donors (Lipinski definition) is 0. The van der Waals surface area contributed by atoms with Crippen LogP contribution in [0.2, 0.25) is 0 Å². The lowest BCUT2D eigenvalue weighted by Crippen LogP contribution is -2.36. The van der Waals surface area contributed by atoms with Gasteiger partial charge in [0.15, 0.2) is 0 Å². The van der Waals surface area contributed by atoms with Crippen molar-refractivity contribution in [1.29, 1.82) is 0 Å². The maximum Gasteiger partial charge on any atom is 0.320 e. The Bertz CT molecular complexity index is 447. The number of likely N-dealkylation sites (N-methyl/N-ethyl adjacent to an activating group) is 1. The predicted molar refractivity (Wildman–Crippen MR) is 77.6 cm³/mol. The lowest BCUT2D eigenvalue weighted by atomic mass is 9.97. The van der Waals surface area contributed by atoms with E-state index in [9.17, 15) is 4.79 Å². The highest BCUT2D eigenvalue weighted by molar-refractivity contribution is 5.71. The van der Waals surface area contributed by atoms with E-state index in [0.29, 0.717) is 13.2 Å². The lowest BCUT2D eigenvalue weighted by molar-refractivity contribution is -0.144. The number of carbonyl (C=O) groups is 1. The van der Waals surface area contributed by atoms with Crippen molar-refractivity contribution in [3.05, 3.63) is 35.4 Å². The van der Waals surface area contributed by atoms with Gasteiger partial charge in [-0.1, -0.05) is 31.2 Å². The highest BCUT2D eigenvalue weighted by atomic mass is 16.5. The molecule has 0 N–H and O–H groups in total. The number of fused-ring (bicyclic) bond motifs is 1. The van der Waals surface area contributed by atoms with Crippen LogP contribution in [0.25, 0.3) is 0 Å². The van der Waals surface area contributed by atoms with Gasteiger partial charge in [-0.05, 0) is 31.0 Å². The summed E-state index contributed by atoms with van der Waals surface area (Å²) in [7, 11) is 0. The summed E-state index contributed by atoms with van der Waals surface area (Å²) in [5, 5.41) is 0. The molecule has 1 aromatic carbocycles. The zero-order valence-corrected chi connectivity index (χ0v) is 12.3. The fraction of sp³-hybridized carbons (Fsp3) is 0.562. The van der Waals surface area contributed by atoms with Crippen molar-refractivity contribution in [1.82, 2.24) is 4.90 Å². The summed E-state index contributed by atoms with van der Waals surface area (Å²) in [6.45, 7) is 6.92. The average molecular weight is 277 g/mol. The Morgan fingerprint density at radius 1 is 1.40 bits per heavy atom. The highest BCUT2D eigenvalue weighted by Gasteiger charge is 2.23. The van der Waals surface area contributed by atoms with Crippen LogP contribution < -0.4 is 0 Å². The predicted octanol–water partition coefficient (Wildman–Crippen LogP) is 2.19. The van der Waals surface area contributed by atoms with Crippen LogP contribution in [0.3, 0.4) is 0 Å². The maximum absolute atomic E-state index is 11.6. The van der Waals surface area contributed by atoms with Crippen molar-refractivity contribution in [3.63, 3.8) is 0 Å². The number of hydrogen-bond acceptors (Lipinski definition) is 4. The number of rotatable bonds is 6. The fourth-order valence-electron chi connectivity index (χ4n) is 2.56. The second-order valence-corrected chi connectivity index (χ2v) is 4.94. The summed E-state index contributed by atoms with van der Waals surface area (Å²) in [6.07, 6.45) is 1.02. The minimum absolute atomic E-state index is 0.0503. The number of ether oxygens (including phenoxy) is 2. The highest BCUT2D eigenvalue weighted by Crippen LogP contribution is 2.27. The average Bonchev–Trinajstić information content (AvgIpc) is 2.47. The maximum atomic E-state index is 11.6. The standard InChI is InChI=1S/C16H23NO3/c1-3-17(12-16(18)19-4-2)11-15-14-8-6-5-7-13(14)9-10-20-15/h5-8,15H,3-4,9-12H2,1-2H3. The largest absolute Gasteiger partial charge is 0.465 e. The van der Waals surface area contributed by atoms with E-state index in [-0.39, 0.29) is 12.1 Å². The van der Waals surface area contributed by atoms with Gasteiger partial charge in [0.2, 0.25) is 0 Å². The fourth-order valence-corrected chi connectivity index (χ4v) is 2.56. The van der Waals surface area contributed by atoms with E-state index >= 15 is 0 Å². The second kappa shape index (κ2) is 7.41. The number of nitrogens with zero attached hydrogens (tertiary/aromatic N) is 1. The summed E-state index contributed by atoms with van der Waals surface area (Å²) in [6, 6.07) is 8.39. The molecule has 1 atom stereocenters. The Balaban J connectivity index is 2.00. The van der Waals surface area contributed by atoms with E-state index in [1.165, 1.54) is 11.1 Å². The third-order valence-corrected chi connectivity index (χ3v) is 3.62. The molecule has 1 aliphatic rings. The third-order valence-electron chi connectivity index (χ3n) is 3.62. The van der Waals surface area contributed by atoms with Gasteiger partial charge in [-0.2, -0.15) is 0 Å². The molecule has 1 unspecified atom stereocenters. The molecular weight excluding hydrogens is 254 g/mol. The first-order valence-electron chi connectivity index (χ1n) is 7.32. The SMILES string of the molecule is CCOC(=O)CN(CC)CC1OCCc2ccccc21. The van der Waals surface area contributed by atoms with E-state index in [2.05, 4.69) is 23.1 Å². The van der Waals surface area contributed by atoms with Gasteiger partial charge >= 0.3 is 5.97 Å². The molecule has 0 saturated carbocycles. The molecule has 4 nitrogen and oxygen atoms in total. The van der Waals surface area contributed by atoms with Crippen LogP contribution in [0.4, 0.5) is 0 Å². The van der Waals surface area contributed by atoms with Crippen molar-refractivity contribution in [2.45, 2.75) is 26.4 Å². The lowest BCUT2D eigenvalue weighted by Gasteiger charge is -2.30. The van der Waals surface area contributed by atoms with Crippen molar-refractivity contribution in [2.75, 3.05) is 32.8 Å². The Morgan fingerprint density at radius 3 is 2.95 bits per heavy atom. The van der Waals surface area contributed by atoms with Gasteiger partial charge < -0.3 is 9.47 Å². The van der Waals surface area contributed by atoms with Crippen LogP contribution in [0.5, 0.6) is 0 Å². The third kappa shape index (κ3) is 3.81. The van der Waals surface area contributed by atoms with Crippen LogP contribution in [0.1, 0.15) is 31.1 Å². The molecule has 1 heterocycles. The van der Waals surface area contributed by atoms with E-state index < -0.39 is 0 Å². The molecule has 0 saturated heterocycles. The molecule has 110 valence electrons. The van der Waals surface area contributed by atoms with E-state index in [1.807, 2.05) is 19.9 Å². The van der Waals surface area contributed by atoms with Crippen LogP contribution in [-0.4, -0.2) is 43.7 Å². The second-order valence-electron chi connectivity index (χ2n) is 4.94. The summed E-state index contributed by atoms with van der Waals surface area (Å²) in [4.78, 5) is 13.7. The Hall–Kier alpha value is -1.39. The minimum Gasteiger partial charge on any atom is -0.465 e. The topological polar surface area (TPSA) is 38.8 Å². The molecule has 4 heteroatoms. The Kier molecular flexibility index (Phi) is 5.56. The monoisotopic (exact) mass is 277 g/mol. The van der Waals surface area contributed by atoms with Crippen molar-refractivity contribution >= 4 is 5.97 Å².